The molecule has 2 heterocycles. The quantitative estimate of drug-likeness (QED) is 0.539. The van der Waals surface area contributed by atoms with Gasteiger partial charge >= 0.3 is 0 Å². The molecule has 0 radical (unpaired) electrons. The van der Waals surface area contributed by atoms with Crippen LogP contribution in [0.2, 0.25) is 0 Å². The van der Waals surface area contributed by atoms with E-state index in [9.17, 15) is 10.1 Å². The topological polar surface area (TPSA) is 70.2 Å². The summed E-state index contributed by atoms with van der Waals surface area (Å²) in [5.41, 5.74) is 2.41. The first-order valence-electron chi connectivity index (χ1n) is 7.68. The second-order valence-corrected chi connectivity index (χ2v) is 6.45. The molecule has 0 aliphatic rings. The summed E-state index contributed by atoms with van der Waals surface area (Å²) in [5.74, 6) is -0.413. The van der Waals surface area contributed by atoms with E-state index in [0.717, 1.165) is 15.7 Å². The third kappa shape index (κ3) is 3.78. The van der Waals surface area contributed by atoms with Gasteiger partial charge < -0.3 is 5.32 Å². The van der Waals surface area contributed by atoms with Gasteiger partial charge in [0.2, 0.25) is 0 Å². The number of aromatic nitrogens is 2. The van der Waals surface area contributed by atoms with Crippen molar-refractivity contribution in [3.63, 3.8) is 0 Å². The maximum atomic E-state index is 12.4. The van der Waals surface area contributed by atoms with Crippen molar-refractivity contribution in [3.05, 3.63) is 76.2 Å². The number of halogens is 1. The van der Waals surface area contributed by atoms with Gasteiger partial charge in [-0.25, -0.2) is 4.98 Å². The van der Waals surface area contributed by atoms with Gasteiger partial charge in [0.05, 0.1) is 17.9 Å². The van der Waals surface area contributed by atoms with Gasteiger partial charge in [0.25, 0.3) is 5.91 Å². The lowest BCUT2D eigenvalue weighted by molar-refractivity contribution is -0.117. The van der Waals surface area contributed by atoms with Crippen LogP contribution in [0.5, 0.6) is 0 Å². The summed E-state index contributed by atoms with van der Waals surface area (Å²) in [5, 5.41) is 12.2. The SMILES string of the molecule is CC(NC(=O)/C(C#N)=C\c1cnc2ccc(Br)cn12)c1ccccc1. The molecule has 0 saturated carbocycles. The van der Waals surface area contributed by atoms with E-state index in [1.54, 1.807) is 12.3 Å². The highest BCUT2D eigenvalue weighted by molar-refractivity contribution is 9.10. The van der Waals surface area contributed by atoms with Crippen LogP contribution >= 0.6 is 15.9 Å². The van der Waals surface area contributed by atoms with Crippen molar-refractivity contribution in [1.82, 2.24) is 14.7 Å². The number of hydrogen-bond acceptors (Lipinski definition) is 3. The second kappa shape index (κ2) is 7.32. The first kappa shape index (κ1) is 16.9. The van der Waals surface area contributed by atoms with Gasteiger partial charge in [-0.1, -0.05) is 30.3 Å². The zero-order chi connectivity index (χ0) is 17.8. The summed E-state index contributed by atoms with van der Waals surface area (Å²) in [6.07, 6.45) is 5.01. The van der Waals surface area contributed by atoms with Crippen LogP contribution in [0.25, 0.3) is 11.7 Å². The zero-order valence-corrected chi connectivity index (χ0v) is 15.1. The van der Waals surface area contributed by atoms with Crippen LogP contribution in [0, 0.1) is 11.3 Å². The molecule has 1 amide bonds. The minimum absolute atomic E-state index is 0.0320. The number of carbonyl (C=O) groups is 1. The van der Waals surface area contributed by atoms with Crippen LogP contribution in [-0.4, -0.2) is 15.3 Å². The number of hydrogen-bond donors (Lipinski definition) is 1. The fourth-order valence-electron chi connectivity index (χ4n) is 2.48. The average Bonchev–Trinajstić information content (AvgIpc) is 3.02. The summed E-state index contributed by atoms with van der Waals surface area (Å²) in [6.45, 7) is 1.88. The number of nitriles is 1. The highest BCUT2D eigenvalue weighted by Crippen LogP contribution is 2.17. The van der Waals surface area contributed by atoms with E-state index in [1.807, 2.05) is 66.1 Å². The minimum Gasteiger partial charge on any atom is -0.345 e. The number of pyridine rings is 1. The van der Waals surface area contributed by atoms with Gasteiger partial charge in [-0.05, 0) is 46.6 Å². The molecule has 25 heavy (non-hydrogen) atoms. The number of nitrogens with zero attached hydrogens (tertiary/aromatic N) is 3. The van der Waals surface area contributed by atoms with Crippen molar-refractivity contribution < 1.29 is 4.79 Å². The van der Waals surface area contributed by atoms with E-state index < -0.39 is 5.91 Å². The maximum Gasteiger partial charge on any atom is 0.262 e. The van der Waals surface area contributed by atoms with Crippen LogP contribution < -0.4 is 5.32 Å². The largest absolute Gasteiger partial charge is 0.345 e. The third-order valence-corrected chi connectivity index (χ3v) is 4.27. The second-order valence-electron chi connectivity index (χ2n) is 5.53. The Kier molecular flexibility index (Phi) is 4.96. The Morgan fingerprint density at radius 1 is 1.32 bits per heavy atom. The first-order valence-corrected chi connectivity index (χ1v) is 8.48. The molecule has 0 bridgehead atoms. The maximum absolute atomic E-state index is 12.4. The van der Waals surface area contributed by atoms with Crippen LogP contribution in [0.3, 0.4) is 0 Å². The molecule has 0 aliphatic heterocycles. The summed E-state index contributed by atoms with van der Waals surface area (Å²) < 4.78 is 2.70. The van der Waals surface area contributed by atoms with Crippen LogP contribution in [0.4, 0.5) is 0 Å². The molecule has 3 rings (SSSR count). The normalized spacial score (nSPS) is 12.6. The Hall–Kier alpha value is -2.91. The Bertz CT molecular complexity index is 986. The van der Waals surface area contributed by atoms with Crippen molar-refractivity contribution in [1.29, 1.82) is 5.26 Å². The van der Waals surface area contributed by atoms with Crippen molar-refractivity contribution in [2.24, 2.45) is 0 Å². The first-order chi connectivity index (χ1) is 12.1. The van der Waals surface area contributed by atoms with E-state index in [0.29, 0.717) is 5.69 Å². The molecule has 0 aliphatic carbocycles. The highest BCUT2D eigenvalue weighted by atomic mass is 79.9. The van der Waals surface area contributed by atoms with Crippen molar-refractivity contribution in [3.8, 4) is 6.07 Å². The van der Waals surface area contributed by atoms with Gasteiger partial charge in [0, 0.05) is 10.7 Å². The fraction of sp³-hybridized carbons (Fsp3) is 0.105. The Labute approximate surface area is 153 Å². The van der Waals surface area contributed by atoms with Crippen molar-refractivity contribution in [2.75, 3.05) is 0 Å². The van der Waals surface area contributed by atoms with Gasteiger partial charge in [-0.3, -0.25) is 9.20 Å². The van der Waals surface area contributed by atoms with Crippen molar-refractivity contribution in [2.45, 2.75) is 13.0 Å². The number of imidazole rings is 1. The summed E-state index contributed by atoms with van der Waals surface area (Å²) in [4.78, 5) is 16.7. The molecule has 1 N–H and O–H groups in total. The number of rotatable bonds is 4. The molecule has 0 spiro atoms. The van der Waals surface area contributed by atoms with Crippen molar-refractivity contribution >= 4 is 33.6 Å². The molecule has 1 unspecified atom stereocenters. The standard InChI is InChI=1S/C19H15BrN4O/c1-13(14-5-3-2-4-6-14)23-19(25)15(10-21)9-17-11-22-18-8-7-16(20)12-24(17)18/h2-9,11-13H,1H3,(H,23,25)/b15-9-. The fourth-order valence-corrected chi connectivity index (χ4v) is 2.81. The van der Waals surface area contributed by atoms with Gasteiger partial charge in [-0.15, -0.1) is 0 Å². The number of fused-ring (bicyclic) bond motifs is 1. The average molecular weight is 395 g/mol. The van der Waals surface area contributed by atoms with Gasteiger partial charge in [0.1, 0.15) is 17.3 Å². The van der Waals surface area contributed by atoms with E-state index in [1.165, 1.54) is 0 Å². The molecular weight excluding hydrogens is 380 g/mol. The molecule has 5 nitrogen and oxygen atoms in total. The molecular formula is C19H15BrN4O. The number of amides is 1. The van der Waals surface area contributed by atoms with E-state index in [-0.39, 0.29) is 11.6 Å². The molecule has 1 aromatic carbocycles. The van der Waals surface area contributed by atoms with Crippen LogP contribution in [0.1, 0.15) is 24.2 Å². The molecule has 124 valence electrons. The predicted molar refractivity (Wildman–Crippen MR) is 99.5 cm³/mol. The van der Waals surface area contributed by atoms with Gasteiger partial charge in [0.15, 0.2) is 0 Å². The highest BCUT2D eigenvalue weighted by Gasteiger charge is 2.14. The molecule has 2 aromatic heterocycles. The minimum atomic E-state index is -0.413. The molecule has 0 fully saturated rings. The Morgan fingerprint density at radius 2 is 2.08 bits per heavy atom. The smallest absolute Gasteiger partial charge is 0.262 e. The van der Waals surface area contributed by atoms with E-state index >= 15 is 0 Å². The lowest BCUT2D eigenvalue weighted by atomic mass is 10.1. The molecule has 1 atom stereocenters. The zero-order valence-electron chi connectivity index (χ0n) is 13.5. The molecule has 6 heteroatoms. The number of carbonyl (C=O) groups excluding carboxylic acids is 1. The van der Waals surface area contributed by atoms with Gasteiger partial charge in [-0.2, -0.15) is 5.26 Å². The third-order valence-electron chi connectivity index (χ3n) is 3.80. The Morgan fingerprint density at radius 3 is 2.80 bits per heavy atom. The molecule has 3 aromatic rings. The predicted octanol–water partition coefficient (Wildman–Crippen LogP) is 3.88. The number of nitrogens with one attached hydrogen (secondary N) is 1. The number of benzene rings is 1. The Balaban J connectivity index is 1.86. The summed E-state index contributed by atoms with van der Waals surface area (Å²) >= 11 is 3.41. The van der Waals surface area contributed by atoms with E-state index in [4.69, 9.17) is 0 Å². The summed E-state index contributed by atoms with van der Waals surface area (Å²) in [6, 6.07) is 15.1. The monoisotopic (exact) mass is 394 g/mol. The summed E-state index contributed by atoms with van der Waals surface area (Å²) in [7, 11) is 0. The van der Waals surface area contributed by atoms with E-state index in [2.05, 4.69) is 26.2 Å². The van der Waals surface area contributed by atoms with Crippen LogP contribution in [0.15, 0.2) is 64.9 Å². The lowest BCUT2D eigenvalue weighted by Gasteiger charge is -2.13. The molecule has 0 saturated heterocycles. The lowest BCUT2D eigenvalue weighted by Crippen LogP contribution is -2.27. The van der Waals surface area contributed by atoms with Crippen LogP contribution in [-0.2, 0) is 4.79 Å².